The van der Waals surface area contributed by atoms with E-state index < -0.39 is 30.5 Å². The first-order valence-electron chi connectivity index (χ1n) is 4.85. The summed E-state index contributed by atoms with van der Waals surface area (Å²) in [5.74, 6) is -0.474. The highest BCUT2D eigenvalue weighted by atomic mass is 16.7. The Hall–Kier alpha value is -1.30. The molecule has 0 saturated carbocycles. The standard InChI is InChI=1S/C10H18NO5/c1-5-7(12)11-9(14)16-6-15-8(13)10(2,3)4/h7,12H,1,5-6H2,2-4H3,(H,11,14). The molecule has 1 amide bonds. The highest BCUT2D eigenvalue weighted by molar-refractivity contribution is 5.75. The largest absolute Gasteiger partial charge is 0.427 e. The molecule has 0 saturated heterocycles. The number of amides is 1. The zero-order chi connectivity index (χ0) is 12.8. The van der Waals surface area contributed by atoms with Crippen LogP contribution in [0.2, 0.25) is 0 Å². The Balaban J connectivity index is 3.75. The molecule has 6 heteroatoms. The Labute approximate surface area is 94.9 Å². The predicted molar refractivity (Wildman–Crippen MR) is 56.0 cm³/mol. The van der Waals surface area contributed by atoms with E-state index in [0.717, 1.165) is 0 Å². The van der Waals surface area contributed by atoms with Crippen molar-refractivity contribution >= 4 is 12.1 Å². The van der Waals surface area contributed by atoms with Crippen molar-refractivity contribution in [1.82, 2.24) is 5.32 Å². The van der Waals surface area contributed by atoms with Gasteiger partial charge in [-0.2, -0.15) is 0 Å². The maximum atomic E-state index is 11.2. The average Bonchev–Trinajstić information content (AvgIpc) is 2.15. The summed E-state index contributed by atoms with van der Waals surface area (Å²) >= 11 is 0. The molecule has 93 valence electrons. The lowest BCUT2D eigenvalue weighted by Gasteiger charge is -2.16. The molecule has 0 heterocycles. The molecule has 16 heavy (non-hydrogen) atoms. The van der Waals surface area contributed by atoms with Crippen LogP contribution in [0.4, 0.5) is 4.79 Å². The molecule has 0 aliphatic rings. The molecule has 0 aromatic rings. The van der Waals surface area contributed by atoms with Gasteiger partial charge in [-0.05, 0) is 34.1 Å². The van der Waals surface area contributed by atoms with Crippen LogP contribution < -0.4 is 5.32 Å². The summed E-state index contributed by atoms with van der Waals surface area (Å²) in [5, 5.41) is 11.1. The SMILES string of the molecule is [CH2]CC(O)NC(=O)OCOC(=O)C(C)(C)C. The van der Waals surface area contributed by atoms with Crippen LogP contribution in [-0.4, -0.2) is 30.2 Å². The number of ether oxygens (including phenoxy) is 2. The number of carbonyl (C=O) groups is 2. The fraction of sp³-hybridized carbons (Fsp3) is 0.700. The van der Waals surface area contributed by atoms with E-state index in [-0.39, 0.29) is 6.42 Å². The van der Waals surface area contributed by atoms with Gasteiger partial charge in [0.1, 0.15) is 6.23 Å². The van der Waals surface area contributed by atoms with E-state index in [4.69, 9.17) is 5.11 Å². The minimum absolute atomic E-state index is 0.122. The van der Waals surface area contributed by atoms with Gasteiger partial charge in [0.05, 0.1) is 5.41 Å². The van der Waals surface area contributed by atoms with E-state index in [1.807, 2.05) is 0 Å². The smallest absolute Gasteiger partial charge is 0.412 e. The topological polar surface area (TPSA) is 84.9 Å². The number of esters is 1. The fourth-order valence-corrected chi connectivity index (χ4v) is 0.603. The molecule has 0 aliphatic heterocycles. The summed E-state index contributed by atoms with van der Waals surface area (Å²) < 4.78 is 9.17. The van der Waals surface area contributed by atoms with E-state index in [0.29, 0.717) is 0 Å². The van der Waals surface area contributed by atoms with Gasteiger partial charge in [0.15, 0.2) is 0 Å². The molecule has 2 N–H and O–H groups in total. The minimum atomic E-state index is -1.06. The Bertz CT molecular complexity index is 246. The van der Waals surface area contributed by atoms with Gasteiger partial charge in [0.25, 0.3) is 0 Å². The van der Waals surface area contributed by atoms with Gasteiger partial charge in [-0.15, -0.1) is 0 Å². The van der Waals surface area contributed by atoms with Gasteiger partial charge >= 0.3 is 12.1 Å². The maximum Gasteiger partial charge on any atom is 0.412 e. The maximum absolute atomic E-state index is 11.2. The van der Waals surface area contributed by atoms with E-state index in [2.05, 4.69) is 21.7 Å². The van der Waals surface area contributed by atoms with Crippen LogP contribution in [0, 0.1) is 12.3 Å². The second-order valence-electron chi connectivity index (χ2n) is 4.18. The monoisotopic (exact) mass is 232 g/mol. The van der Waals surface area contributed by atoms with Crippen molar-refractivity contribution in [1.29, 1.82) is 0 Å². The summed E-state index contributed by atoms with van der Waals surface area (Å²) in [6.45, 7) is 7.94. The molecule has 0 rings (SSSR count). The van der Waals surface area contributed by atoms with Gasteiger partial charge in [0.2, 0.25) is 6.79 Å². The van der Waals surface area contributed by atoms with E-state index in [1.54, 1.807) is 20.8 Å². The number of aliphatic hydroxyl groups excluding tert-OH is 1. The number of alkyl carbamates (subject to hydrolysis) is 1. The third-order valence-corrected chi connectivity index (χ3v) is 1.55. The summed E-state index contributed by atoms with van der Waals surface area (Å²) in [4.78, 5) is 22.2. The Morgan fingerprint density at radius 3 is 2.38 bits per heavy atom. The van der Waals surface area contributed by atoms with Crippen molar-refractivity contribution in [3.8, 4) is 0 Å². The number of hydrogen-bond acceptors (Lipinski definition) is 5. The van der Waals surface area contributed by atoms with E-state index in [9.17, 15) is 9.59 Å². The Morgan fingerprint density at radius 1 is 1.38 bits per heavy atom. The summed E-state index contributed by atoms with van der Waals surface area (Å²) in [6, 6.07) is 0. The number of aliphatic hydroxyl groups is 1. The van der Waals surface area contributed by atoms with Crippen LogP contribution in [0.15, 0.2) is 0 Å². The summed E-state index contributed by atoms with van der Waals surface area (Å²) in [6.07, 6.45) is -1.81. The number of rotatable bonds is 4. The lowest BCUT2D eigenvalue weighted by molar-refractivity contribution is -0.161. The van der Waals surface area contributed by atoms with Gasteiger partial charge in [-0.3, -0.25) is 10.1 Å². The third-order valence-electron chi connectivity index (χ3n) is 1.55. The average molecular weight is 232 g/mol. The zero-order valence-corrected chi connectivity index (χ0v) is 9.78. The molecule has 0 spiro atoms. The normalized spacial score (nSPS) is 12.8. The second-order valence-corrected chi connectivity index (χ2v) is 4.18. The highest BCUT2D eigenvalue weighted by Crippen LogP contribution is 2.14. The quantitative estimate of drug-likeness (QED) is 0.553. The first-order valence-corrected chi connectivity index (χ1v) is 4.85. The zero-order valence-electron chi connectivity index (χ0n) is 9.78. The summed E-state index contributed by atoms with van der Waals surface area (Å²) in [7, 11) is 0. The third kappa shape index (κ3) is 6.23. The molecular formula is C10H18NO5. The first-order chi connectivity index (χ1) is 7.27. The lowest BCUT2D eigenvalue weighted by Crippen LogP contribution is -2.35. The molecule has 0 bridgehead atoms. The second kappa shape index (κ2) is 6.32. The first kappa shape index (κ1) is 14.7. The molecule has 1 atom stereocenters. The molecular weight excluding hydrogens is 214 g/mol. The van der Waals surface area contributed by atoms with Crippen LogP contribution in [0.5, 0.6) is 0 Å². The summed E-state index contributed by atoms with van der Waals surface area (Å²) in [5.41, 5.74) is -0.646. The predicted octanol–water partition coefficient (Wildman–Crippen LogP) is 0.802. The van der Waals surface area contributed by atoms with Crippen LogP contribution >= 0.6 is 0 Å². The minimum Gasteiger partial charge on any atom is -0.427 e. The van der Waals surface area contributed by atoms with E-state index in [1.165, 1.54) is 0 Å². The number of nitrogens with one attached hydrogen (secondary N) is 1. The lowest BCUT2D eigenvalue weighted by atomic mass is 9.98. The van der Waals surface area contributed by atoms with Gasteiger partial charge in [-0.1, -0.05) is 0 Å². The van der Waals surface area contributed by atoms with Gasteiger partial charge in [0, 0.05) is 0 Å². The van der Waals surface area contributed by atoms with E-state index >= 15 is 0 Å². The fourth-order valence-electron chi connectivity index (χ4n) is 0.603. The Kier molecular flexibility index (Phi) is 5.81. The van der Waals surface area contributed by atoms with Crippen molar-refractivity contribution < 1.29 is 24.2 Å². The molecule has 0 aliphatic carbocycles. The van der Waals surface area contributed by atoms with Crippen molar-refractivity contribution in [3.05, 3.63) is 6.92 Å². The van der Waals surface area contributed by atoms with Crippen molar-refractivity contribution in [2.75, 3.05) is 6.79 Å². The van der Waals surface area contributed by atoms with Crippen LogP contribution in [0.1, 0.15) is 27.2 Å². The van der Waals surface area contributed by atoms with Crippen LogP contribution in [0.25, 0.3) is 0 Å². The molecule has 1 radical (unpaired) electrons. The molecule has 0 aromatic heterocycles. The molecule has 0 fully saturated rings. The highest BCUT2D eigenvalue weighted by Gasteiger charge is 2.23. The van der Waals surface area contributed by atoms with Crippen LogP contribution in [-0.2, 0) is 14.3 Å². The van der Waals surface area contributed by atoms with Crippen molar-refractivity contribution in [3.63, 3.8) is 0 Å². The molecule has 1 unspecified atom stereocenters. The molecule has 6 nitrogen and oxygen atoms in total. The van der Waals surface area contributed by atoms with Crippen molar-refractivity contribution in [2.24, 2.45) is 5.41 Å². The van der Waals surface area contributed by atoms with Gasteiger partial charge in [-0.25, -0.2) is 4.79 Å². The number of carbonyl (C=O) groups excluding carboxylic acids is 2. The van der Waals surface area contributed by atoms with Crippen molar-refractivity contribution in [2.45, 2.75) is 33.4 Å². The van der Waals surface area contributed by atoms with Gasteiger partial charge < -0.3 is 14.6 Å². The Morgan fingerprint density at radius 2 is 1.94 bits per heavy atom. The van der Waals surface area contributed by atoms with Crippen LogP contribution in [0.3, 0.4) is 0 Å². The number of hydrogen-bond donors (Lipinski definition) is 2. The molecule has 0 aromatic carbocycles.